The Balaban J connectivity index is 2.18. The van der Waals surface area contributed by atoms with E-state index in [1.54, 1.807) is 13.1 Å². The van der Waals surface area contributed by atoms with E-state index in [2.05, 4.69) is 5.32 Å². The van der Waals surface area contributed by atoms with Crippen molar-refractivity contribution in [2.24, 2.45) is 5.92 Å². The molecule has 7 heteroatoms. The van der Waals surface area contributed by atoms with Crippen LogP contribution in [-0.4, -0.2) is 39.4 Å². The molecule has 1 atom stereocenters. The Morgan fingerprint density at radius 1 is 1.40 bits per heavy atom. The molecule has 20 heavy (non-hydrogen) atoms. The predicted molar refractivity (Wildman–Crippen MR) is 81.9 cm³/mol. The van der Waals surface area contributed by atoms with Crippen LogP contribution in [0.2, 0.25) is 10.0 Å². The van der Waals surface area contributed by atoms with Gasteiger partial charge in [0, 0.05) is 18.6 Å². The minimum Gasteiger partial charge on any atom is -0.316 e. The van der Waals surface area contributed by atoms with E-state index in [-0.39, 0.29) is 9.92 Å². The molecule has 1 heterocycles. The van der Waals surface area contributed by atoms with E-state index >= 15 is 0 Å². The quantitative estimate of drug-likeness (QED) is 0.919. The van der Waals surface area contributed by atoms with Crippen LogP contribution in [0.15, 0.2) is 23.1 Å². The number of piperidine rings is 1. The van der Waals surface area contributed by atoms with Crippen molar-refractivity contribution >= 4 is 33.2 Å². The van der Waals surface area contributed by atoms with Crippen molar-refractivity contribution in [3.05, 3.63) is 28.2 Å². The van der Waals surface area contributed by atoms with E-state index in [0.29, 0.717) is 17.5 Å². The van der Waals surface area contributed by atoms with Crippen molar-refractivity contribution in [1.82, 2.24) is 9.62 Å². The fraction of sp³-hybridized carbons (Fsp3) is 0.538. The molecule has 0 aliphatic carbocycles. The summed E-state index contributed by atoms with van der Waals surface area (Å²) in [6.45, 7) is 2.34. The van der Waals surface area contributed by atoms with Crippen molar-refractivity contribution in [3.63, 3.8) is 0 Å². The molecule has 2 rings (SSSR count). The Hall–Kier alpha value is -0.330. The average Bonchev–Trinajstić information content (AvgIpc) is 2.42. The van der Waals surface area contributed by atoms with Gasteiger partial charge in [0.2, 0.25) is 10.0 Å². The number of nitrogens with one attached hydrogen (secondary N) is 1. The van der Waals surface area contributed by atoms with Gasteiger partial charge in [-0.05, 0) is 50.0 Å². The molecule has 1 fully saturated rings. The van der Waals surface area contributed by atoms with Gasteiger partial charge < -0.3 is 5.32 Å². The van der Waals surface area contributed by atoms with E-state index in [1.165, 1.54) is 16.4 Å². The van der Waals surface area contributed by atoms with Gasteiger partial charge in [0.1, 0.15) is 4.90 Å². The van der Waals surface area contributed by atoms with Crippen LogP contribution in [-0.2, 0) is 10.0 Å². The van der Waals surface area contributed by atoms with Gasteiger partial charge in [-0.2, -0.15) is 0 Å². The Labute approximate surface area is 130 Å². The molecular formula is C13H18Cl2N2O2S. The van der Waals surface area contributed by atoms with Gasteiger partial charge in [-0.15, -0.1) is 0 Å². The van der Waals surface area contributed by atoms with Gasteiger partial charge in [0.15, 0.2) is 0 Å². The number of benzene rings is 1. The first-order chi connectivity index (χ1) is 9.41. The number of hydrogen-bond donors (Lipinski definition) is 1. The zero-order chi connectivity index (χ0) is 14.8. The van der Waals surface area contributed by atoms with Crippen LogP contribution in [0.25, 0.3) is 0 Å². The summed E-state index contributed by atoms with van der Waals surface area (Å²) >= 11 is 11.9. The molecule has 0 radical (unpaired) electrons. The molecule has 0 aromatic heterocycles. The SMILES string of the molecule is CN(CC1CCCNC1)S(=O)(=O)c1cc(Cl)ccc1Cl. The Kier molecular flexibility index (Phi) is 5.31. The molecular weight excluding hydrogens is 319 g/mol. The largest absolute Gasteiger partial charge is 0.316 e. The van der Waals surface area contributed by atoms with Crippen LogP contribution in [0.5, 0.6) is 0 Å². The van der Waals surface area contributed by atoms with Crippen LogP contribution >= 0.6 is 23.2 Å². The molecule has 0 spiro atoms. The van der Waals surface area contributed by atoms with Crippen LogP contribution in [0.4, 0.5) is 0 Å². The lowest BCUT2D eigenvalue weighted by molar-refractivity contribution is 0.315. The summed E-state index contributed by atoms with van der Waals surface area (Å²) in [6.07, 6.45) is 2.12. The maximum Gasteiger partial charge on any atom is 0.244 e. The lowest BCUT2D eigenvalue weighted by atomic mass is 10.00. The lowest BCUT2D eigenvalue weighted by Gasteiger charge is -2.27. The molecule has 1 saturated heterocycles. The van der Waals surface area contributed by atoms with Crippen molar-refractivity contribution in [2.75, 3.05) is 26.7 Å². The number of rotatable bonds is 4. The molecule has 4 nitrogen and oxygen atoms in total. The van der Waals surface area contributed by atoms with Gasteiger partial charge >= 0.3 is 0 Å². The number of nitrogens with zero attached hydrogens (tertiary/aromatic N) is 1. The monoisotopic (exact) mass is 336 g/mol. The van der Waals surface area contributed by atoms with Gasteiger partial charge in [0.25, 0.3) is 0 Å². The van der Waals surface area contributed by atoms with Gasteiger partial charge in [0.05, 0.1) is 5.02 Å². The highest BCUT2D eigenvalue weighted by molar-refractivity contribution is 7.89. The Bertz CT molecular complexity index is 572. The van der Waals surface area contributed by atoms with Crippen LogP contribution in [0.3, 0.4) is 0 Å². The zero-order valence-corrected chi connectivity index (χ0v) is 13.6. The highest BCUT2D eigenvalue weighted by Crippen LogP contribution is 2.27. The molecule has 1 unspecified atom stereocenters. The van der Waals surface area contributed by atoms with Gasteiger partial charge in [-0.1, -0.05) is 23.2 Å². The molecule has 1 aliphatic heterocycles. The summed E-state index contributed by atoms with van der Waals surface area (Å²) in [5.41, 5.74) is 0. The second-order valence-electron chi connectivity index (χ2n) is 5.07. The van der Waals surface area contributed by atoms with Crippen molar-refractivity contribution in [1.29, 1.82) is 0 Å². The fourth-order valence-corrected chi connectivity index (χ4v) is 4.36. The van der Waals surface area contributed by atoms with E-state index in [9.17, 15) is 8.42 Å². The molecule has 0 amide bonds. The van der Waals surface area contributed by atoms with E-state index in [1.807, 2.05) is 0 Å². The highest BCUT2D eigenvalue weighted by Gasteiger charge is 2.26. The first-order valence-corrected chi connectivity index (χ1v) is 8.73. The van der Waals surface area contributed by atoms with Crippen molar-refractivity contribution in [3.8, 4) is 0 Å². The average molecular weight is 337 g/mol. The topological polar surface area (TPSA) is 49.4 Å². The molecule has 1 aliphatic rings. The van der Waals surface area contributed by atoms with E-state index in [0.717, 1.165) is 25.9 Å². The normalized spacial score (nSPS) is 20.3. The van der Waals surface area contributed by atoms with Crippen molar-refractivity contribution < 1.29 is 8.42 Å². The smallest absolute Gasteiger partial charge is 0.244 e. The molecule has 112 valence electrons. The van der Waals surface area contributed by atoms with Gasteiger partial charge in [-0.25, -0.2) is 12.7 Å². The third-order valence-corrected chi connectivity index (χ3v) is 6.04. The summed E-state index contributed by atoms with van der Waals surface area (Å²) in [4.78, 5) is 0.0675. The molecule has 0 bridgehead atoms. The Morgan fingerprint density at radius 3 is 2.80 bits per heavy atom. The number of halogens is 2. The van der Waals surface area contributed by atoms with Gasteiger partial charge in [-0.3, -0.25) is 0 Å². The number of hydrogen-bond acceptors (Lipinski definition) is 3. The summed E-state index contributed by atoms with van der Waals surface area (Å²) in [5, 5.41) is 3.84. The second-order valence-corrected chi connectivity index (χ2v) is 7.93. The minimum atomic E-state index is -3.60. The fourth-order valence-electron chi connectivity index (χ4n) is 2.38. The van der Waals surface area contributed by atoms with Crippen LogP contribution in [0, 0.1) is 5.92 Å². The molecule has 1 N–H and O–H groups in total. The maximum absolute atomic E-state index is 12.5. The molecule has 0 saturated carbocycles. The predicted octanol–water partition coefficient (Wildman–Crippen LogP) is 2.61. The second kappa shape index (κ2) is 6.62. The summed E-state index contributed by atoms with van der Waals surface area (Å²) in [5.74, 6) is 0.335. The summed E-state index contributed by atoms with van der Waals surface area (Å²) in [7, 11) is -2.02. The summed E-state index contributed by atoms with van der Waals surface area (Å²) < 4.78 is 26.4. The zero-order valence-electron chi connectivity index (χ0n) is 11.3. The van der Waals surface area contributed by atoms with E-state index < -0.39 is 10.0 Å². The standard InChI is InChI=1S/C13H18Cl2N2O2S/c1-17(9-10-3-2-6-16-8-10)20(18,19)13-7-11(14)4-5-12(13)15/h4-5,7,10,16H,2-3,6,8-9H2,1H3. The Morgan fingerprint density at radius 2 is 2.15 bits per heavy atom. The highest BCUT2D eigenvalue weighted by atomic mass is 35.5. The number of sulfonamides is 1. The molecule has 1 aromatic carbocycles. The lowest BCUT2D eigenvalue weighted by Crippen LogP contribution is -2.39. The first kappa shape index (κ1) is 16.0. The minimum absolute atomic E-state index is 0.0675. The summed E-state index contributed by atoms with van der Waals surface area (Å²) in [6, 6.07) is 4.48. The third kappa shape index (κ3) is 3.65. The van der Waals surface area contributed by atoms with E-state index in [4.69, 9.17) is 23.2 Å². The maximum atomic E-state index is 12.5. The first-order valence-electron chi connectivity index (χ1n) is 6.53. The third-order valence-electron chi connectivity index (χ3n) is 3.50. The van der Waals surface area contributed by atoms with Crippen LogP contribution < -0.4 is 5.32 Å². The molecule has 1 aromatic rings. The van der Waals surface area contributed by atoms with Crippen LogP contribution in [0.1, 0.15) is 12.8 Å². The van der Waals surface area contributed by atoms with Crippen molar-refractivity contribution in [2.45, 2.75) is 17.7 Å².